The van der Waals surface area contributed by atoms with Crippen LogP contribution in [0.5, 0.6) is 0 Å². The van der Waals surface area contributed by atoms with E-state index >= 15 is 0 Å². The van der Waals surface area contributed by atoms with Crippen LogP contribution < -0.4 is 10.2 Å². The van der Waals surface area contributed by atoms with Crippen molar-refractivity contribution in [2.45, 2.75) is 19.1 Å². The maximum atomic E-state index is 12.6. The molecule has 1 fully saturated rings. The molecule has 1 unspecified atom stereocenters. The van der Waals surface area contributed by atoms with Crippen molar-refractivity contribution in [2.24, 2.45) is 0 Å². The maximum absolute atomic E-state index is 12.6. The molecule has 1 saturated heterocycles. The first-order valence-corrected chi connectivity index (χ1v) is 8.51. The smallest absolute Gasteiger partial charge is 0.443 e. The number of nitrogens with one attached hydrogen (secondary N) is 1. The summed E-state index contributed by atoms with van der Waals surface area (Å²) in [6.45, 7) is 2.43. The van der Waals surface area contributed by atoms with E-state index in [2.05, 4.69) is 10.3 Å². The Morgan fingerprint density at radius 3 is 2.81 bits per heavy atom. The molecule has 0 radical (unpaired) electrons. The fraction of sp³-hybridized carbons (Fsp3) is 0.312. The summed E-state index contributed by atoms with van der Waals surface area (Å²) in [5, 5.41) is 2.62. The summed E-state index contributed by atoms with van der Waals surface area (Å²) >= 11 is 0.372. The van der Waals surface area contributed by atoms with Gasteiger partial charge in [-0.05, 0) is 24.6 Å². The van der Waals surface area contributed by atoms with Crippen LogP contribution in [0.3, 0.4) is 0 Å². The topological polar surface area (TPSA) is 71.5 Å². The molecule has 1 aliphatic heterocycles. The Balaban J connectivity index is 1.71. The summed E-state index contributed by atoms with van der Waals surface area (Å²) in [5.41, 5.74) is 1.04. The lowest BCUT2D eigenvalue weighted by Crippen LogP contribution is -2.28. The monoisotopic (exact) mass is 385 g/mol. The van der Waals surface area contributed by atoms with Gasteiger partial charge in [0.1, 0.15) is 12.3 Å². The number of carbonyl (C=O) groups excluding carboxylic acids is 2. The quantitative estimate of drug-likeness (QED) is 0.873. The van der Waals surface area contributed by atoms with Gasteiger partial charge in [0.2, 0.25) is 0 Å². The Labute approximate surface area is 150 Å². The summed E-state index contributed by atoms with van der Waals surface area (Å²) in [6.07, 6.45) is -5.02. The number of halogens is 3. The summed E-state index contributed by atoms with van der Waals surface area (Å²) in [4.78, 5) is 28.6. The number of nitrogens with zero attached hydrogens (tertiary/aromatic N) is 2. The van der Waals surface area contributed by atoms with Crippen molar-refractivity contribution in [1.82, 2.24) is 10.3 Å². The van der Waals surface area contributed by atoms with Crippen molar-refractivity contribution in [2.75, 3.05) is 18.1 Å². The Morgan fingerprint density at radius 2 is 2.19 bits per heavy atom. The van der Waals surface area contributed by atoms with Crippen LogP contribution in [0.1, 0.15) is 34.0 Å². The number of benzene rings is 1. The molecular formula is C16H14F3N3O3S. The molecule has 1 N–H and O–H groups in total. The van der Waals surface area contributed by atoms with Gasteiger partial charge in [-0.3, -0.25) is 9.69 Å². The third-order valence-corrected chi connectivity index (χ3v) is 4.66. The largest absolute Gasteiger partial charge is 0.447 e. The molecule has 2 heterocycles. The number of hydrogen-bond acceptors (Lipinski definition) is 5. The molecule has 138 valence electrons. The Bertz CT molecular complexity index is 837. The van der Waals surface area contributed by atoms with E-state index in [-0.39, 0.29) is 5.69 Å². The van der Waals surface area contributed by atoms with Gasteiger partial charge >= 0.3 is 12.3 Å². The fourth-order valence-electron chi connectivity index (χ4n) is 2.45. The zero-order chi connectivity index (χ0) is 18.9. The molecular weight excluding hydrogens is 371 g/mol. The first-order chi connectivity index (χ1) is 12.3. The van der Waals surface area contributed by atoms with Crippen molar-refractivity contribution in [3.8, 4) is 0 Å². The van der Waals surface area contributed by atoms with Gasteiger partial charge in [0.15, 0.2) is 5.01 Å². The summed E-state index contributed by atoms with van der Waals surface area (Å²) < 4.78 is 42.7. The molecule has 0 bridgehead atoms. The molecule has 10 heteroatoms. The lowest BCUT2D eigenvalue weighted by molar-refractivity contribution is -0.137. The molecule has 0 saturated carbocycles. The van der Waals surface area contributed by atoms with E-state index in [9.17, 15) is 22.8 Å². The zero-order valence-electron chi connectivity index (χ0n) is 13.5. The third kappa shape index (κ3) is 3.79. The number of rotatable bonds is 4. The Hall–Kier alpha value is -2.62. The zero-order valence-corrected chi connectivity index (χ0v) is 14.4. The summed E-state index contributed by atoms with van der Waals surface area (Å²) in [7, 11) is 0. The number of alkyl halides is 3. The molecule has 0 spiro atoms. The first-order valence-electron chi connectivity index (χ1n) is 7.63. The molecule has 1 aromatic carbocycles. The van der Waals surface area contributed by atoms with E-state index in [0.717, 1.165) is 5.38 Å². The summed E-state index contributed by atoms with van der Waals surface area (Å²) in [5.74, 6) is -0.699. The van der Waals surface area contributed by atoms with Crippen LogP contribution in [-0.4, -0.2) is 30.1 Å². The van der Waals surface area contributed by atoms with Crippen molar-refractivity contribution < 1.29 is 27.5 Å². The van der Waals surface area contributed by atoms with Crippen molar-refractivity contribution in [1.29, 1.82) is 0 Å². The SMILES string of the molecule is CC(NC(=O)c1csc(C(F)(F)F)n1)c1cccc(N2CCOC2=O)c1. The highest BCUT2D eigenvalue weighted by molar-refractivity contribution is 7.09. The van der Waals surface area contributed by atoms with Crippen molar-refractivity contribution >= 4 is 29.0 Å². The highest BCUT2D eigenvalue weighted by Crippen LogP contribution is 2.31. The molecule has 0 aliphatic carbocycles. The van der Waals surface area contributed by atoms with Crippen molar-refractivity contribution in [3.63, 3.8) is 0 Å². The molecule has 26 heavy (non-hydrogen) atoms. The Morgan fingerprint density at radius 1 is 1.42 bits per heavy atom. The molecule has 1 aliphatic rings. The number of carbonyl (C=O) groups is 2. The van der Waals surface area contributed by atoms with Gasteiger partial charge in [-0.25, -0.2) is 9.78 Å². The van der Waals surface area contributed by atoms with Crippen LogP contribution >= 0.6 is 11.3 Å². The van der Waals surface area contributed by atoms with E-state index in [1.807, 2.05) is 0 Å². The van der Waals surface area contributed by atoms with E-state index in [0.29, 0.717) is 35.7 Å². The fourth-order valence-corrected chi connectivity index (χ4v) is 3.12. The molecule has 6 nitrogen and oxygen atoms in total. The number of aromatic nitrogens is 1. The average molecular weight is 385 g/mol. The van der Waals surface area contributed by atoms with Crippen LogP contribution in [0.25, 0.3) is 0 Å². The van der Waals surface area contributed by atoms with Gasteiger partial charge < -0.3 is 10.1 Å². The standard InChI is InChI=1S/C16H14F3N3O3S/c1-9(20-13(23)12-8-26-14(21-12)16(17,18)19)10-3-2-4-11(7-10)22-5-6-25-15(22)24/h2-4,7-9H,5-6H2,1H3,(H,20,23). The van der Waals surface area contributed by atoms with Crippen LogP contribution in [0.4, 0.5) is 23.7 Å². The van der Waals surface area contributed by atoms with E-state index < -0.39 is 29.2 Å². The second kappa shape index (κ2) is 6.94. The van der Waals surface area contributed by atoms with Crippen molar-refractivity contribution in [3.05, 3.63) is 45.9 Å². The first kappa shape index (κ1) is 18.2. The second-order valence-electron chi connectivity index (χ2n) is 5.59. The minimum atomic E-state index is -4.58. The third-order valence-electron chi connectivity index (χ3n) is 3.77. The normalized spacial score (nSPS) is 15.7. The van der Waals surface area contributed by atoms with E-state index in [1.165, 1.54) is 4.90 Å². The number of amides is 2. The second-order valence-corrected chi connectivity index (χ2v) is 6.45. The van der Waals surface area contributed by atoms with Crippen LogP contribution in [-0.2, 0) is 10.9 Å². The van der Waals surface area contributed by atoms with Crippen LogP contribution in [0.2, 0.25) is 0 Å². The number of ether oxygens (including phenoxy) is 1. The van der Waals surface area contributed by atoms with E-state index in [4.69, 9.17) is 4.74 Å². The lowest BCUT2D eigenvalue weighted by Gasteiger charge is -2.17. The Kier molecular flexibility index (Phi) is 4.86. The van der Waals surface area contributed by atoms with Gasteiger partial charge in [0.25, 0.3) is 5.91 Å². The minimum Gasteiger partial charge on any atom is -0.447 e. The molecule has 2 aromatic rings. The lowest BCUT2D eigenvalue weighted by atomic mass is 10.1. The van der Waals surface area contributed by atoms with Gasteiger partial charge in [-0.15, -0.1) is 11.3 Å². The molecule has 3 rings (SSSR count). The molecule has 2 amide bonds. The van der Waals surface area contributed by atoms with Crippen LogP contribution in [0.15, 0.2) is 29.6 Å². The number of cyclic esters (lactones) is 1. The average Bonchev–Trinajstić information content (AvgIpc) is 3.23. The highest BCUT2D eigenvalue weighted by atomic mass is 32.1. The minimum absolute atomic E-state index is 0.284. The molecule has 1 aromatic heterocycles. The highest BCUT2D eigenvalue weighted by Gasteiger charge is 2.35. The number of thiazole rings is 1. The van der Waals surface area contributed by atoms with Gasteiger partial charge in [-0.2, -0.15) is 13.2 Å². The number of anilines is 1. The molecule has 1 atom stereocenters. The summed E-state index contributed by atoms with van der Waals surface area (Å²) in [6, 6.07) is 6.44. The van der Waals surface area contributed by atoms with Gasteiger partial charge in [0.05, 0.1) is 12.6 Å². The maximum Gasteiger partial charge on any atom is 0.443 e. The van der Waals surface area contributed by atoms with Crippen LogP contribution in [0, 0.1) is 0 Å². The predicted octanol–water partition coefficient (Wildman–Crippen LogP) is 3.61. The predicted molar refractivity (Wildman–Crippen MR) is 88.1 cm³/mol. The van der Waals surface area contributed by atoms with Gasteiger partial charge in [0, 0.05) is 11.1 Å². The van der Waals surface area contributed by atoms with E-state index in [1.54, 1.807) is 31.2 Å². The van der Waals surface area contributed by atoms with Gasteiger partial charge in [-0.1, -0.05) is 12.1 Å². The number of hydrogen-bond donors (Lipinski definition) is 1.